The van der Waals surface area contributed by atoms with E-state index >= 15 is 0 Å². The largest absolute Gasteiger partial charge is 0.403 e. The molecule has 27 heavy (non-hydrogen) atoms. The number of nitrogens with one attached hydrogen (secondary N) is 2. The topological polar surface area (TPSA) is 129 Å². The zero-order valence-corrected chi connectivity index (χ0v) is 15.4. The lowest BCUT2D eigenvalue weighted by molar-refractivity contribution is 0.0948. The van der Waals surface area contributed by atoms with Crippen molar-refractivity contribution in [1.29, 1.82) is 5.26 Å². The maximum atomic E-state index is 12.1. The van der Waals surface area contributed by atoms with E-state index < -0.39 is 6.04 Å². The van der Waals surface area contributed by atoms with E-state index in [1.165, 1.54) is 6.20 Å². The van der Waals surface area contributed by atoms with Gasteiger partial charge in [0, 0.05) is 36.8 Å². The highest BCUT2D eigenvalue weighted by Crippen LogP contribution is 2.22. The van der Waals surface area contributed by atoms with Crippen LogP contribution in [0.3, 0.4) is 0 Å². The van der Waals surface area contributed by atoms with Crippen molar-refractivity contribution in [3.63, 3.8) is 0 Å². The van der Waals surface area contributed by atoms with Crippen molar-refractivity contribution in [2.75, 3.05) is 12.4 Å². The van der Waals surface area contributed by atoms with Crippen molar-refractivity contribution in [2.45, 2.75) is 19.9 Å². The Kier molecular flexibility index (Phi) is 6.61. The molecule has 1 amide bonds. The van der Waals surface area contributed by atoms with Crippen molar-refractivity contribution >= 4 is 18.1 Å². The van der Waals surface area contributed by atoms with Crippen molar-refractivity contribution in [3.8, 4) is 17.3 Å². The zero-order chi connectivity index (χ0) is 19.8. The van der Waals surface area contributed by atoms with E-state index in [1.807, 2.05) is 13.0 Å². The molecule has 1 heterocycles. The highest BCUT2D eigenvalue weighted by atomic mass is 16.1. The van der Waals surface area contributed by atoms with E-state index in [1.54, 1.807) is 50.6 Å². The number of amides is 1. The molecule has 0 aliphatic rings. The number of aliphatic imine (C=N–C) groups is 1. The number of nitrogens with two attached hydrogens (primary N) is 1. The van der Waals surface area contributed by atoms with Gasteiger partial charge in [0.2, 0.25) is 5.95 Å². The van der Waals surface area contributed by atoms with E-state index in [9.17, 15) is 4.79 Å². The van der Waals surface area contributed by atoms with E-state index in [-0.39, 0.29) is 5.91 Å². The lowest BCUT2D eigenvalue weighted by atomic mass is 10.1. The van der Waals surface area contributed by atoms with Crippen LogP contribution in [0.15, 0.2) is 47.4 Å². The maximum absolute atomic E-state index is 12.1. The number of nitriles is 1. The molecule has 0 unspecified atom stereocenters. The molecular weight excluding hydrogens is 342 g/mol. The number of hydrogen-bond donors (Lipinski definition) is 3. The summed E-state index contributed by atoms with van der Waals surface area (Å²) in [6.45, 7) is 3.53. The predicted molar refractivity (Wildman–Crippen MR) is 105 cm³/mol. The Morgan fingerprint density at radius 1 is 1.37 bits per heavy atom. The molecule has 0 bridgehead atoms. The van der Waals surface area contributed by atoms with Gasteiger partial charge in [0.05, 0.1) is 17.5 Å². The molecule has 0 radical (unpaired) electrons. The number of hydrogen-bond acceptors (Lipinski definition) is 7. The predicted octanol–water partition coefficient (Wildman–Crippen LogP) is 2.01. The number of carbonyl (C=O) groups excluding carboxylic acids is 1. The molecule has 0 spiro atoms. The van der Waals surface area contributed by atoms with Gasteiger partial charge in [-0.1, -0.05) is 12.1 Å². The van der Waals surface area contributed by atoms with Gasteiger partial charge in [-0.05, 0) is 31.5 Å². The monoisotopic (exact) mass is 363 g/mol. The van der Waals surface area contributed by atoms with Gasteiger partial charge in [-0.15, -0.1) is 0 Å². The van der Waals surface area contributed by atoms with E-state index in [0.29, 0.717) is 17.2 Å². The number of aromatic nitrogens is 2. The molecule has 8 nitrogen and oxygen atoms in total. The summed E-state index contributed by atoms with van der Waals surface area (Å²) in [4.78, 5) is 24.7. The molecule has 0 saturated carbocycles. The first-order valence-electron chi connectivity index (χ1n) is 8.24. The van der Waals surface area contributed by atoms with Gasteiger partial charge in [-0.25, -0.2) is 9.97 Å². The first-order chi connectivity index (χ1) is 13.0. The van der Waals surface area contributed by atoms with Crippen molar-refractivity contribution in [3.05, 3.63) is 53.5 Å². The summed E-state index contributed by atoms with van der Waals surface area (Å²) in [6, 6.07) is 8.41. The normalized spacial score (nSPS) is 12.4. The second kappa shape index (κ2) is 9.10. The Balaban J connectivity index is 2.26. The smallest absolute Gasteiger partial charge is 0.252 e. The second-order valence-corrected chi connectivity index (χ2v) is 5.76. The molecular formula is C19H21N7O. The molecule has 1 aromatic heterocycles. The van der Waals surface area contributed by atoms with Crippen molar-refractivity contribution < 1.29 is 4.79 Å². The van der Waals surface area contributed by atoms with Gasteiger partial charge in [0.25, 0.3) is 5.91 Å². The minimum Gasteiger partial charge on any atom is -0.403 e. The van der Waals surface area contributed by atoms with Crippen LogP contribution >= 0.6 is 0 Å². The third kappa shape index (κ3) is 5.12. The third-order valence-electron chi connectivity index (χ3n) is 3.64. The summed E-state index contributed by atoms with van der Waals surface area (Å²) < 4.78 is 0. The minimum absolute atomic E-state index is 0.297. The Labute approximate surface area is 157 Å². The van der Waals surface area contributed by atoms with Crippen molar-refractivity contribution in [2.24, 2.45) is 10.7 Å². The molecule has 138 valence electrons. The summed E-state index contributed by atoms with van der Waals surface area (Å²) in [5, 5.41) is 14.4. The molecule has 2 aromatic rings. The summed E-state index contributed by atoms with van der Waals surface area (Å²) in [5.41, 5.74) is 9.05. The molecule has 8 heteroatoms. The average Bonchev–Trinajstić information content (AvgIpc) is 2.69. The van der Waals surface area contributed by atoms with Gasteiger partial charge in [-0.3, -0.25) is 9.79 Å². The minimum atomic E-state index is -0.550. The highest BCUT2D eigenvalue weighted by Gasteiger charge is 2.11. The van der Waals surface area contributed by atoms with Crippen LogP contribution in [0.4, 0.5) is 5.95 Å². The number of allylic oxidation sites excluding steroid dienone is 1. The number of anilines is 1. The van der Waals surface area contributed by atoms with Gasteiger partial charge in [-0.2, -0.15) is 5.26 Å². The molecule has 0 saturated heterocycles. The van der Waals surface area contributed by atoms with Crippen LogP contribution in [-0.4, -0.2) is 35.2 Å². The fourth-order valence-corrected chi connectivity index (χ4v) is 2.27. The number of nitrogens with zero attached hydrogens (tertiary/aromatic N) is 4. The van der Waals surface area contributed by atoms with Crippen LogP contribution in [0.5, 0.6) is 0 Å². The van der Waals surface area contributed by atoms with Crippen LogP contribution < -0.4 is 16.4 Å². The first-order valence-corrected chi connectivity index (χ1v) is 8.24. The van der Waals surface area contributed by atoms with E-state index in [2.05, 4.69) is 25.6 Å². The van der Waals surface area contributed by atoms with Gasteiger partial charge >= 0.3 is 0 Å². The third-order valence-corrected chi connectivity index (χ3v) is 3.64. The lowest BCUT2D eigenvalue weighted by Gasteiger charge is -2.10. The SMILES string of the molecule is CN=C/C(=C\N)Nc1ncc(C)c(-c2ccc(C(=O)N[C@@H](C)C#N)cc2)n1. The van der Waals surface area contributed by atoms with Gasteiger partial charge in [0.15, 0.2) is 0 Å². The Morgan fingerprint density at radius 3 is 2.67 bits per heavy atom. The van der Waals surface area contributed by atoms with E-state index in [4.69, 9.17) is 11.0 Å². The van der Waals surface area contributed by atoms with Crippen molar-refractivity contribution in [1.82, 2.24) is 15.3 Å². The number of rotatable bonds is 6. The van der Waals surface area contributed by atoms with Crippen LogP contribution in [0.25, 0.3) is 11.3 Å². The lowest BCUT2D eigenvalue weighted by Crippen LogP contribution is -2.31. The van der Waals surface area contributed by atoms with Crippen LogP contribution in [0, 0.1) is 18.3 Å². The van der Waals surface area contributed by atoms with Crippen LogP contribution in [-0.2, 0) is 0 Å². The van der Waals surface area contributed by atoms with Crippen LogP contribution in [0.1, 0.15) is 22.8 Å². The Bertz CT molecular complexity index is 911. The van der Waals surface area contributed by atoms with Gasteiger partial charge in [0.1, 0.15) is 6.04 Å². The molecule has 0 fully saturated rings. The fourth-order valence-electron chi connectivity index (χ4n) is 2.27. The summed E-state index contributed by atoms with van der Waals surface area (Å²) in [5.74, 6) is 0.0887. The van der Waals surface area contributed by atoms with Crippen LogP contribution in [0.2, 0.25) is 0 Å². The molecule has 1 aromatic carbocycles. The maximum Gasteiger partial charge on any atom is 0.252 e. The van der Waals surface area contributed by atoms with E-state index in [0.717, 1.165) is 16.8 Å². The molecule has 2 rings (SSSR count). The highest BCUT2D eigenvalue weighted by molar-refractivity contribution is 5.95. The quantitative estimate of drug-likeness (QED) is 0.673. The number of benzene rings is 1. The summed E-state index contributed by atoms with van der Waals surface area (Å²) >= 11 is 0. The Morgan fingerprint density at radius 2 is 2.07 bits per heavy atom. The number of carbonyl (C=O) groups is 1. The zero-order valence-electron chi connectivity index (χ0n) is 15.4. The summed E-state index contributed by atoms with van der Waals surface area (Å²) in [7, 11) is 1.64. The number of aryl methyl sites for hydroxylation is 1. The summed E-state index contributed by atoms with van der Waals surface area (Å²) in [6.07, 6.45) is 4.65. The first kappa shape index (κ1) is 19.6. The van der Waals surface area contributed by atoms with Gasteiger partial charge < -0.3 is 16.4 Å². The standard InChI is InChI=1S/C19H21N7O/c1-12-10-23-19(25-16(9-21)11-22-3)26-17(12)14-4-6-15(7-5-14)18(27)24-13(2)8-20/h4-7,9-11,13H,21H2,1-3H3,(H,24,27)(H,23,25,26)/b16-9+,22-11?/t13-/m0/s1. The fraction of sp³-hybridized carbons (Fsp3) is 0.211. The second-order valence-electron chi connectivity index (χ2n) is 5.76. The Hall–Kier alpha value is -3.73. The average molecular weight is 363 g/mol. The molecule has 1 atom stereocenters. The molecule has 0 aliphatic heterocycles. The molecule has 0 aliphatic carbocycles. The molecule has 4 N–H and O–H groups in total.